The summed E-state index contributed by atoms with van der Waals surface area (Å²) < 4.78 is 34.9. The largest absolute Gasteiger partial charge is 0.493 e. The van der Waals surface area contributed by atoms with Crippen LogP contribution in [0.25, 0.3) is 0 Å². The number of benzene rings is 2. The monoisotopic (exact) mass is 476 g/mol. The first-order chi connectivity index (χ1) is 12.5. The van der Waals surface area contributed by atoms with Crippen molar-refractivity contribution in [3.8, 4) is 11.5 Å². The zero-order valence-electron chi connectivity index (χ0n) is 13.6. The number of nitrogens with one attached hydrogen (secondary N) is 1. The van der Waals surface area contributed by atoms with Crippen molar-refractivity contribution in [3.63, 3.8) is 0 Å². The lowest BCUT2D eigenvalue weighted by Crippen LogP contribution is -2.16. The van der Waals surface area contributed by atoms with E-state index in [1.54, 1.807) is 12.1 Å². The fourth-order valence-corrected chi connectivity index (χ4v) is 2.24. The molecule has 0 aliphatic rings. The minimum atomic E-state index is -2.95. The topological polar surface area (TPSA) is 69.2 Å². The zero-order chi connectivity index (χ0) is 18.9. The van der Waals surface area contributed by atoms with Gasteiger partial charge in [0.1, 0.15) is 0 Å². The Balaban J connectivity index is 1.85. The molecule has 0 saturated heterocycles. The SMILES string of the molecule is COc1cc(/C=N/OCC(=O)Nc2ccc(I)cc2)ccc1OC(F)F. The molecule has 0 radical (unpaired) electrons. The Bertz CT molecular complexity index is 770. The molecule has 0 heterocycles. The van der Waals surface area contributed by atoms with E-state index in [0.717, 1.165) is 3.57 Å². The van der Waals surface area contributed by atoms with E-state index in [1.807, 2.05) is 12.1 Å². The summed E-state index contributed by atoms with van der Waals surface area (Å²) in [6.07, 6.45) is 1.33. The molecule has 0 bridgehead atoms. The fraction of sp³-hybridized carbons (Fsp3) is 0.176. The van der Waals surface area contributed by atoms with Gasteiger partial charge < -0.3 is 19.6 Å². The lowest BCUT2D eigenvalue weighted by molar-refractivity contribution is -0.120. The van der Waals surface area contributed by atoms with E-state index in [9.17, 15) is 13.6 Å². The van der Waals surface area contributed by atoms with Gasteiger partial charge in [-0.15, -0.1) is 0 Å². The van der Waals surface area contributed by atoms with E-state index < -0.39 is 6.61 Å². The molecule has 6 nitrogen and oxygen atoms in total. The van der Waals surface area contributed by atoms with Crippen molar-refractivity contribution < 1.29 is 27.9 Å². The van der Waals surface area contributed by atoms with Crippen molar-refractivity contribution in [2.24, 2.45) is 5.16 Å². The molecule has 2 aromatic rings. The number of ether oxygens (including phenoxy) is 2. The second kappa shape index (κ2) is 9.90. The summed E-state index contributed by atoms with van der Waals surface area (Å²) in [6, 6.07) is 11.6. The Morgan fingerprint density at radius 3 is 2.62 bits per heavy atom. The third kappa shape index (κ3) is 6.47. The Morgan fingerprint density at radius 2 is 1.96 bits per heavy atom. The number of halogens is 3. The Hall–Kier alpha value is -2.43. The van der Waals surface area contributed by atoms with Crippen LogP contribution >= 0.6 is 22.6 Å². The predicted molar refractivity (Wildman–Crippen MR) is 101 cm³/mol. The zero-order valence-corrected chi connectivity index (χ0v) is 15.8. The molecule has 26 heavy (non-hydrogen) atoms. The van der Waals surface area contributed by atoms with E-state index in [2.05, 4.69) is 37.8 Å². The standard InChI is InChI=1S/C17H15F2IN2O4/c1-24-15-8-11(2-7-14(15)26-17(18)19)9-21-25-10-16(23)22-13-5-3-12(20)4-6-13/h2-9,17H,10H2,1H3,(H,22,23)/b21-9+. The van der Waals surface area contributed by atoms with Gasteiger partial charge >= 0.3 is 6.61 Å². The number of amides is 1. The van der Waals surface area contributed by atoms with Crippen LogP contribution in [0.2, 0.25) is 0 Å². The summed E-state index contributed by atoms with van der Waals surface area (Å²) >= 11 is 2.17. The molecule has 1 amide bonds. The van der Waals surface area contributed by atoms with Gasteiger partial charge in [-0.1, -0.05) is 5.16 Å². The molecule has 0 aromatic heterocycles. The number of oxime groups is 1. The Kier molecular flexibility index (Phi) is 7.57. The van der Waals surface area contributed by atoms with Crippen molar-refractivity contribution in [2.45, 2.75) is 6.61 Å². The normalized spacial score (nSPS) is 10.8. The van der Waals surface area contributed by atoms with Crippen LogP contribution in [0, 0.1) is 3.57 Å². The first-order valence-corrected chi connectivity index (χ1v) is 8.39. The molecule has 0 aliphatic carbocycles. The highest BCUT2D eigenvalue weighted by Crippen LogP contribution is 2.28. The smallest absolute Gasteiger partial charge is 0.387 e. The van der Waals surface area contributed by atoms with Gasteiger partial charge in [-0.2, -0.15) is 8.78 Å². The molecule has 138 valence electrons. The fourth-order valence-electron chi connectivity index (χ4n) is 1.88. The lowest BCUT2D eigenvalue weighted by atomic mass is 10.2. The average molecular weight is 476 g/mol. The number of rotatable bonds is 8. The quantitative estimate of drug-likeness (QED) is 0.357. The van der Waals surface area contributed by atoms with Gasteiger partial charge in [0.15, 0.2) is 18.1 Å². The molecule has 0 saturated carbocycles. The van der Waals surface area contributed by atoms with E-state index in [1.165, 1.54) is 31.5 Å². The highest BCUT2D eigenvalue weighted by molar-refractivity contribution is 14.1. The van der Waals surface area contributed by atoms with Crippen molar-refractivity contribution in [1.82, 2.24) is 0 Å². The molecular formula is C17H15F2IN2O4. The van der Waals surface area contributed by atoms with Gasteiger partial charge in [-0.25, -0.2) is 0 Å². The maximum atomic E-state index is 12.3. The van der Waals surface area contributed by atoms with Crippen LogP contribution in [0.1, 0.15) is 5.56 Å². The summed E-state index contributed by atoms with van der Waals surface area (Å²) in [4.78, 5) is 16.7. The van der Waals surface area contributed by atoms with E-state index in [4.69, 9.17) is 9.57 Å². The number of nitrogens with zero attached hydrogens (tertiary/aromatic N) is 1. The van der Waals surface area contributed by atoms with E-state index in [-0.39, 0.29) is 24.0 Å². The first-order valence-electron chi connectivity index (χ1n) is 7.31. The van der Waals surface area contributed by atoms with Crippen LogP contribution in [0.5, 0.6) is 11.5 Å². The minimum Gasteiger partial charge on any atom is -0.493 e. The van der Waals surface area contributed by atoms with Gasteiger partial charge in [-0.3, -0.25) is 4.79 Å². The third-order valence-corrected chi connectivity index (χ3v) is 3.72. The summed E-state index contributed by atoms with van der Waals surface area (Å²) in [6.45, 7) is -3.22. The van der Waals surface area contributed by atoms with Gasteiger partial charge in [0.25, 0.3) is 5.91 Å². The highest BCUT2D eigenvalue weighted by Gasteiger charge is 2.10. The second-order valence-electron chi connectivity index (χ2n) is 4.85. The van der Waals surface area contributed by atoms with Gasteiger partial charge in [0.05, 0.1) is 13.3 Å². The number of alkyl halides is 2. The van der Waals surface area contributed by atoms with Crippen LogP contribution in [0.15, 0.2) is 47.6 Å². The molecular weight excluding hydrogens is 461 g/mol. The lowest BCUT2D eigenvalue weighted by Gasteiger charge is -2.09. The molecule has 0 aliphatic heterocycles. The molecule has 1 N–H and O–H groups in total. The van der Waals surface area contributed by atoms with Gasteiger partial charge in [-0.05, 0) is 65.1 Å². The number of hydrogen-bond donors (Lipinski definition) is 1. The van der Waals surface area contributed by atoms with Crippen LogP contribution < -0.4 is 14.8 Å². The molecule has 2 aromatic carbocycles. The first kappa shape index (κ1) is 19.9. The number of carbonyl (C=O) groups is 1. The van der Waals surface area contributed by atoms with Crippen molar-refractivity contribution >= 4 is 40.4 Å². The van der Waals surface area contributed by atoms with Crippen LogP contribution in [-0.2, 0) is 9.63 Å². The average Bonchev–Trinajstić information content (AvgIpc) is 2.61. The summed E-state index contributed by atoms with van der Waals surface area (Å²) in [5.41, 5.74) is 1.18. The van der Waals surface area contributed by atoms with Crippen LogP contribution in [0.4, 0.5) is 14.5 Å². The Morgan fingerprint density at radius 1 is 1.23 bits per heavy atom. The number of methoxy groups -OCH3 is 1. The molecule has 0 unspecified atom stereocenters. The minimum absolute atomic E-state index is 0.0857. The van der Waals surface area contributed by atoms with Crippen LogP contribution in [-0.4, -0.2) is 32.4 Å². The highest BCUT2D eigenvalue weighted by atomic mass is 127. The summed E-state index contributed by atoms with van der Waals surface area (Å²) in [5, 5.41) is 6.33. The maximum Gasteiger partial charge on any atom is 0.387 e. The Labute approximate surface area is 162 Å². The summed E-state index contributed by atoms with van der Waals surface area (Å²) in [5.74, 6) is -0.315. The summed E-state index contributed by atoms with van der Waals surface area (Å²) in [7, 11) is 1.33. The number of hydrogen-bond acceptors (Lipinski definition) is 5. The molecule has 9 heteroatoms. The molecule has 0 spiro atoms. The van der Waals surface area contributed by atoms with Crippen molar-refractivity contribution in [3.05, 3.63) is 51.6 Å². The number of carbonyl (C=O) groups excluding carboxylic acids is 1. The van der Waals surface area contributed by atoms with Gasteiger partial charge in [0.2, 0.25) is 0 Å². The second-order valence-corrected chi connectivity index (χ2v) is 6.10. The van der Waals surface area contributed by atoms with Gasteiger partial charge in [0, 0.05) is 14.8 Å². The molecule has 0 atom stereocenters. The third-order valence-electron chi connectivity index (χ3n) is 3.00. The number of anilines is 1. The van der Waals surface area contributed by atoms with E-state index in [0.29, 0.717) is 11.3 Å². The van der Waals surface area contributed by atoms with Crippen LogP contribution in [0.3, 0.4) is 0 Å². The van der Waals surface area contributed by atoms with Crippen molar-refractivity contribution in [2.75, 3.05) is 19.0 Å². The molecule has 0 fully saturated rings. The van der Waals surface area contributed by atoms with Crippen molar-refractivity contribution in [1.29, 1.82) is 0 Å². The maximum absolute atomic E-state index is 12.3. The molecule has 2 rings (SSSR count). The van der Waals surface area contributed by atoms with E-state index >= 15 is 0 Å². The predicted octanol–water partition coefficient (Wildman–Crippen LogP) is 3.89.